The molecule has 4 aromatic carbocycles. The van der Waals surface area contributed by atoms with Crippen LogP contribution in [0.4, 0.5) is 5.69 Å². The Morgan fingerprint density at radius 3 is 2.09 bits per heavy atom. The summed E-state index contributed by atoms with van der Waals surface area (Å²) in [5, 5.41) is 2.88. The number of sulfonamides is 1. The number of amides is 2. The minimum Gasteiger partial charge on any atom is -0.497 e. The van der Waals surface area contributed by atoms with Gasteiger partial charge in [0.2, 0.25) is 11.8 Å². The highest BCUT2D eigenvalue weighted by Crippen LogP contribution is 2.27. The molecule has 44 heavy (non-hydrogen) atoms. The number of hydrogen-bond acceptors (Lipinski definition) is 5. The van der Waals surface area contributed by atoms with Crippen LogP contribution < -0.4 is 14.4 Å². The van der Waals surface area contributed by atoms with Gasteiger partial charge in [-0.1, -0.05) is 72.3 Å². The number of anilines is 1. The molecular formula is C35H39N3O5S. The molecular weight excluding hydrogens is 574 g/mol. The van der Waals surface area contributed by atoms with Crippen LogP contribution in [-0.2, 0) is 32.6 Å². The van der Waals surface area contributed by atoms with E-state index in [0.717, 1.165) is 26.6 Å². The number of methoxy groups -OCH3 is 1. The van der Waals surface area contributed by atoms with Gasteiger partial charge in [0.15, 0.2) is 0 Å². The van der Waals surface area contributed by atoms with Gasteiger partial charge < -0.3 is 15.0 Å². The largest absolute Gasteiger partial charge is 0.497 e. The van der Waals surface area contributed by atoms with Crippen LogP contribution in [0.1, 0.15) is 29.2 Å². The lowest BCUT2D eigenvalue weighted by Gasteiger charge is -2.34. The molecule has 0 spiro atoms. The molecule has 0 aliphatic heterocycles. The third-order valence-corrected chi connectivity index (χ3v) is 9.26. The Hall–Kier alpha value is -4.63. The Labute approximate surface area is 260 Å². The van der Waals surface area contributed by atoms with E-state index in [-0.39, 0.29) is 23.8 Å². The van der Waals surface area contributed by atoms with Crippen molar-refractivity contribution in [2.24, 2.45) is 0 Å². The third-order valence-electron chi connectivity index (χ3n) is 7.47. The minimum atomic E-state index is -4.19. The zero-order valence-electron chi connectivity index (χ0n) is 25.6. The molecule has 1 atom stereocenters. The molecule has 0 aliphatic rings. The van der Waals surface area contributed by atoms with Crippen LogP contribution >= 0.6 is 0 Å². The van der Waals surface area contributed by atoms with Crippen molar-refractivity contribution in [1.29, 1.82) is 0 Å². The molecule has 230 valence electrons. The summed E-state index contributed by atoms with van der Waals surface area (Å²) in [5.74, 6) is -0.298. The monoisotopic (exact) mass is 613 g/mol. The van der Waals surface area contributed by atoms with Crippen LogP contribution in [-0.4, -0.2) is 51.4 Å². The van der Waals surface area contributed by atoms with E-state index in [9.17, 15) is 18.0 Å². The Bertz CT molecular complexity index is 1660. The Morgan fingerprint density at radius 1 is 0.841 bits per heavy atom. The van der Waals surface area contributed by atoms with Gasteiger partial charge in [0.1, 0.15) is 18.3 Å². The number of carbonyl (C=O) groups is 2. The van der Waals surface area contributed by atoms with E-state index in [4.69, 9.17) is 4.74 Å². The van der Waals surface area contributed by atoms with Gasteiger partial charge in [0, 0.05) is 19.5 Å². The molecule has 1 N–H and O–H groups in total. The Balaban J connectivity index is 1.80. The standard InChI is InChI=1S/C35H39N3O5S/c1-5-36-35(40)33(23-28-12-7-6-8-13-28)37(24-29-14-10-9-11-27(29)3)34(39)25-38(30-17-15-26(2)16-18-30)44(41,42)32-21-19-31(43-4)20-22-32/h6-22,33H,5,23-25H2,1-4H3,(H,36,40)/t33-/m1/s1. The number of nitrogens with one attached hydrogen (secondary N) is 1. The first-order valence-electron chi connectivity index (χ1n) is 14.5. The first-order valence-corrected chi connectivity index (χ1v) is 16.0. The van der Waals surface area contributed by atoms with Gasteiger partial charge in [-0.15, -0.1) is 0 Å². The first-order chi connectivity index (χ1) is 21.1. The summed E-state index contributed by atoms with van der Waals surface area (Å²) in [5.41, 5.74) is 3.99. The van der Waals surface area contributed by atoms with Crippen molar-refractivity contribution in [3.63, 3.8) is 0 Å². The summed E-state index contributed by atoms with van der Waals surface area (Å²) in [6.45, 7) is 5.69. The smallest absolute Gasteiger partial charge is 0.264 e. The van der Waals surface area contributed by atoms with Crippen molar-refractivity contribution < 1.29 is 22.7 Å². The summed E-state index contributed by atoms with van der Waals surface area (Å²) in [6, 6.07) is 29.3. The summed E-state index contributed by atoms with van der Waals surface area (Å²) in [4.78, 5) is 29.6. The highest BCUT2D eigenvalue weighted by atomic mass is 32.2. The number of rotatable bonds is 13. The van der Waals surface area contributed by atoms with E-state index < -0.39 is 28.5 Å². The fourth-order valence-electron chi connectivity index (χ4n) is 4.93. The van der Waals surface area contributed by atoms with Gasteiger partial charge >= 0.3 is 0 Å². The maximum absolute atomic E-state index is 14.4. The van der Waals surface area contributed by atoms with Crippen LogP contribution in [0, 0.1) is 13.8 Å². The van der Waals surface area contributed by atoms with Crippen LogP contribution in [0.3, 0.4) is 0 Å². The highest BCUT2D eigenvalue weighted by molar-refractivity contribution is 7.92. The summed E-state index contributed by atoms with van der Waals surface area (Å²) in [6.07, 6.45) is 0.264. The van der Waals surface area contributed by atoms with Crippen LogP contribution in [0.2, 0.25) is 0 Å². The number of ether oxygens (including phenoxy) is 1. The van der Waals surface area contributed by atoms with Crippen molar-refractivity contribution in [3.05, 3.63) is 125 Å². The number of benzene rings is 4. The predicted molar refractivity (Wildman–Crippen MR) is 173 cm³/mol. The predicted octanol–water partition coefficient (Wildman–Crippen LogP) is 5.28. The van der Waals surface area contributed by atoms with E-state index in [0.29, 0.717) is 18.0 Å². The van der Waals surface area contributed by atoms with E-state index in [1.807, 2.05) is 75.4 Å². The topological polar surface area (TPSA) is 96.0 Å². The number of hydrogen-bond donors (Lipinski definition) is 1. The summed E-state index contributed by atoms with van der Waals surface area (Å²) in [7, 11) is -2.68. The molecule has 2 amide bonds. The number of carbonyl (C=O) groups excluding carboxylic acids is 2. The molecule has 4 aromatic rings. The second-order valence-electron chi connectivity index (χ2n) is 10.6. The van der Waals surface area contributed by atoms with Gasteiger partial charge in [-0.3, -0.25) is 13.9 Å². The van der Waals surface area contributed by atoms with E-state index >= 15 is 0 Å². The molecule has 0 saturated heterocycles. The molecule has 4 rings (SSSR count). The maximum Gasteiger partial charge on any atom is 0.264 e. The van der Waals surface area contributed by atoms with E-state index in [1.54, 1.807) is 36.4 Å². The quantitative estimate of drug-likeness (QED) is 0.221. The molecule has 0 unspecified atom stereocenters. The van der Waals surface area contributed by atoms with Gasteiger partial charge in [-0.2, -0.15) is 0 Å². The van der Waals surface area contributed by atoms with Gasteiger partial charge in [0.25, 0.3) is 10.0 Å². The van der Waals surface area contributed by atoms with Crippen molar-refractivity contribution in [2.45, 2.75) is 44.7 Å². The normalized spacial score (nSPS) is 11.8. The summed E-state index contributed by atoms with van der Waals surface area (Å²) < 4.78 is 34.6. The molecule has 0 bridgehead atoms. The SMILES string of the molecule is CCNC(=O)[C@@H](Cc1ccccc1)N(Cc1ccccc1C)C(=O)CN(c1ccc(C)cc1)S(=O)(=O)c1ccc(OC)cc1. The third kappa shape index (κ3) is 7.85. The number of nitrogens with zero attached hydrogens (tertiary/aromatic N) is 2. The second kappa shape index (κ2) is 14.7. The Morgan fingerprint density at radius 2 is 1.48 bits per heavy atom. The average molecular weight is 614 g/mol. The first kappa shape index (κ1) is 32.3. The lowest BCUT2D eigenvalue weighted by atomic mass is 10.0. The summed E-state index contributed by atoms with van der Waals surface area (Å²) >= 11 is 0. The molecule has 0 aliphatic carbocycles. The van der Waals surface area contributed by atoms with Gasteiger partial charge in [0.05, 0.1) is 17.7 Å². The van der Waals surface area contributed by atoms with Crippen molar-refractivity contribution >= 4 is 27.5 Å². The highest BCUT2D eigenvalue weighted by Gasteiger charge is 2.34. The minimum absolute atomic E-state index is 0.0155. The van der Waals surface area contributed by atoms with Crippen molar-refractivity contribution in [1.82, 2.24) is 10.2 Å². The fourth-order valence-corrected chi connectivity index (χ4v) is 6.35. The molecule has 0 saturated carbocycles. The fraction of sp³-hybridized carbons (Fsp3) is 0.257. The molecule has 8 nitrogen and oxygen atoms in total. The zero-order valence-corrected chi connectivity index (χ0v) is 26.4. The van der Waals surface area contributed by atoms with E-state index in [1.165, 1.54) is 24.1 Å². The lowest BCUT2D eigenvalue weighted by Crippen LogP contribution is -2.53. The maximum atomic E-state index is 14.4. The van der Waals surface area contributed by atoms with Crippen LogP contribution in [0.15, 0.2) is 108 Å². The van der Waals surface area contributed by atoms with Crippen LogP contribution in [0.25, 0.3) is 0 Å². The lowest BCUT2D eigenvalue weighted by molar-refractivity contribution is -0.140. The van der Waals surface area contributed by atoms with Gasteiger partial charge in [-0.25, -0.2) is 8.42 Å². The number of likely N-dealkylation sites (N-methyl/N-ethyl adjacent to an activating group) is 1. The zero-order chi connectivity index (χ0) is 31.7. The second-order valence-corrected chi connectivity index (χ2v) is 12.4. The molecule has 0 heterocycles. The van der Waals surface area contributed by atoms with Crippen molar-refractivity contribution in [3.8, 4) is 5.75 Å². The molecule has 0 radical (unpaired) electrons. The van der Waals surface area contributed by atoms with Crippen LogP contribution in [0.5, 0.6) is 5.75 Å². The van der Waals surface area contributed by atoms with E-state index in [2.05, 4.69) is 5.32 Å². The molecule has 0 aromatic heterocycles. The molecule has 0 fully saturated rings. The number of aryl methyl sites for hydroxylation is 2. The molecule has 9 heteroatoms. The van der Waals surface area contributed by atoms with Crippen molar-refractivity contribution in [2.75, 3.05) is 24.5 Å². The Kier molecular flexibility index (Phi) is 10.8. The van der Waals surface area contributed by atoms with Gasteiger partial charge in [-0.05, 0) is 73.9 Å². The average Bonchev–Trinajstić information content (AvgIpc) is 3.03.